The van der Waals surface area contributed by atoms with Crippen LogP contribution < -0.4 is 15.4 Å². The van der Waals surface area contributed by atoms with E-state index in [2.05, 4.69) is 37.5 Å². The van der Waals surface area contributed by atoms with Crippen LogP contribution in [0.2, 0.25) is 0 Å². The van der Waals surface area contributed by atoms with Crippen LogP contribution in [-0.4, -0.2) is 53.5 Å². The molecule has 3 N–H and O–H groups in total. The highest BCUT2D eigenvalue weighted by molar-refractivity contribution is 5.99. The van der Waals surface area contributed by atoms with Gasteiger partial charge in [0.15, 0.2) is 0 Å². The number of nitrogens with one attached hydrogen (secondary N) is 2. The summed E-state index contributed by atoms with van der Waals surface area (Å²) in [6.07, 6.45) is 0.304. The molecule has 8 heteroatoms. The topological polar surface area (TPSA) is 100 Å². The van der Waals surface area contributed by atoms with Crippen molar-refractivity contribution in [3.8, 4) is 5.75 Å². The van der Waals surface area contributed by atoms with Gasteiger partial charge in [-0.05, 0) is 99.4 Å². The molecule has 1 aliphatic heterocycles. The van der Waals surface area contributed by atoms with E-state index in [9.17, 15) is 14.7 Å². The number of anilines is 1. The molecule has 0 aromatic heterocycles. The predicted molar refractivity (Wildman–Crippen MR) is 183 cm³/mol. The van der Waals surface area contributed by atoms with Gasteiger partial charge in [0.1, 0.15) is 12.4 Å². The van der Waals surface area contributed by atoms with Gasteiger partial charge in [-0.2, -0.15) is 0 Å². The van der Waals surface area contributed by atoms with Gasteiger partial charge in [-0.3, -0.25) is 14.9 Å². The van der Waals surface area contributed by atoms with Crippen molar-refractivity contribution in [3.63, 3.8) is 0 Å². The van der Waals surface area contributed by atoms with E-state index in [4.69, 9.17) is 9.47 Å². The van der Waals surface area contributed by atoms with Crippen molar-refractivity contribution in [2.24, 2.45) is 5.92 Å². The Kier molecular flexibility index (Phi) is 11.3. The molecule has 0 aliphatic carbocycles. The van der Waals surface area contributed by atoms with Crippen molar-refractivity contribution in [3.05, 3.63) is 94.5 Å². The summed E-state index contributed by atoms with van der Waals surface area (Å²) in [5.74, 6) is 0.0496. The number of nitrogens with zero attached hydrogens (tertiary/aromatic N) is 1. The third-order valence-corrected chi connectivity index (χ3v) is 8.30. The Labute approximate surface area is 274 Å². The van der Waals surface area contributed by atoms with Crippen LogP contribution in [0.3, 0.4) is 0 Å². The maximum Gasteiger partial charge on any atom is 0.254 e. The van der Waals surface area contributed by atoms with Crippen LogP contribution in [0, 0.1) is 19.8 Å². The number of rotatable bonds is 10. The lowest BCUT2D eigenvalue weighted by molar-refractivity contribution is -0.181. The van der Waals surface area contributed by atoms with Gasteiger partial charge in [0.2, 0.25) is 12.3 Å². The van der Waals surface area contributed by atoms with Crippen LogP contribution in [0.25, 0.3) is 0 Å². The van der Waals surface area contributed by atoms with Crippen molar-refractivity contribution < 1.29 is 24.2 Å². The lowest BCUT2D eigenvalue weighted by atomic mass is 9.83. The first kappa shape index (κ1) is 35.1. The predicted octanol–water partition coefficient (Wildman–Crippen LogP) is 6.89. The summed E-state index contributed by atoms with van der Waals surface area (Å²) in [5.41, 5.74) is 4.78. The first-order chi connectivity index (χ1) is 21.6. The Morgan fingerprint density at radius 1 is 0.957 bits per heavy atom. The molecule has 3 atom stereocenters. The first-order valence-corrected chi connectivity index (χ1v) is 16.2. The second-order valence-electron chi connectivity index (χ2n) is 14.2. The molecule has 1 fully saturated rings. The fourth-order valence-electron chi connectivity index (χ4n) is 5.99. The minimum atomic E-state index is -1.09. The molecule has 0 radical (unpaired) electrons. The number of likely N-dealkylation sites (tertiary alicyclic amines) is 1. The largest absolute Gasteiger partial charge is 0.492 e. The molecule has 3 unspecified atom stereocenters. The summed E-state index contributed by atoms with van der Waals surface area (Å²) in [5, 5.41) is 16.1. The van der Waals surface area contributed by atoms with Gasteiger partial charge in [0.25, 0.3) is 5.91 Å². The molecular formula is C38H51N3O5. The lowest BCUT2D eigenvalue weighted by Gasteiger charge is -2.41. The van der Waals surface area contributed by atoms with Gasteiger partial charge >= 0.3 is 0 Å². The number of benzene rings is 3. The SMILES string of the molecule is Cc1cccc(C)c1C(=O)N1CCCC(C(=O)Nc2cccc(C(C)(C)C)c2)C1c1ccc(OCCNC(O)OC(C)(C)C)cc1. The van der Waals surface area contributed by atoms with E-state index in [1.54, 1.807) is 0 Å². The Hall–Kier alpha value is -3.72. The van der Waals surface area contributed by atoms with Crippen molar-refractivity contribution in [2.45, 2.75) is 91.7 Å². The van der Waals surface area contributed by atoms with E-state index >= 15 is 0 Å². The number of carbonyl (C=O) groups is 2. The van der Waals surface area contributed by atoms with Crippen LogP contribution >= 0.6 is 0 Å². The summed E-state index contributed by atoms with van der Waals surface area (Å²) >= 11 is 0. The van der Waals surface area contributed by atoms with Crippen LogP contribution in [0.4, 0.5) is 5.69 Å². The molecule has 46 heavy (non-hydrogen) atoms. The zero-order valence-corrected chi connectivity index (χ0v) is 28.6. The maximum atomic E-state index is 14.2. The van der Waals surface area contributed by atoms with Crippen LogP contribution in [0.1, 0.15) is 93.0 Å². The number of carbonyl (C=O) groups excluding carboxylic acids is 2. The molecule has 3 aromatic carbocycles. The van der Waals surface area contributed by atoms with Crippen LogP contribution in [0.15, 0.2) is 66.7 Å². The van der Waals surface area contributed by atoms with Crippen molar-refractivity contribution in [1.82, 2.24) is 10.2 Å². The molecule has 0 saturated carbocycles. The smallest absolute Gasteiger partial charge is 0.254 e. The fourth-order valence-corrected chi connectivity index (χ4v) is 5.99. The van der Waals surface area contributed by atoms with E-state index in [1.807, 2.05) is 100 Å². The minimum Gasteiger partial charge on any atom is -0.492 e. The van der Waals surface area contributed by atoms with Gasteiger partial charge in [-0.25, -0.2) is 0 Å². The highest BCUT2D eigenvalue weighted by Crippen LogP contribution is 2.39. The minimum absolute atomic E-state index is 0.0530. The molecule has 1 saturated heterocycles. The normalized spacial score (nSPS) is 17.8. The molecule has 0 spiro atoms. The van der Waals surface area contributed by atoms with Gasteiger partial charge in [0.05, 0.1) is 17.6 Å². The van der Waals surface area contributed by atoms with E-state index < -0.39 is 24.0 Å². The second kappa shape index (κ2) is 14.8. The van der Waals surface area contributed by atoms with E-state index in [0.29, 0.717) is 37.4 Å². The van der Waals surface area contributed by atoms with Crippen molar-refractivity contribution in [2.75, 3.05) is 25.0 Å². The Bertz CT molecular complexity index is 1470. The van der Waals surface area contributed by atoms with Gasteiger partial charge < -0.3 is 24.8 Å². The monoisotopic (exact) mass is 629 g/mol. The summed E-state index contributed by atoms with van der Waals surface area (Å²) in [4.78, 5) is 30.1. The fraction of sp³-hybridized carbons (Fsp3) is 0.474. The zero-order valence-electron chi connectivity index (χ0n) is 28.6. The third-order valence-electron chi connectivity index (χ3n) is 8.30. The quantitative estimate of drug-likeness (QED) is 0.167. The number of amides is 2. The van der Waals surface area contributed by atoms with E-state index in [1.165, 1.54) is 0 Å². The molecule has 3 aromatic rings. The molecule has 1 aliphatic rings. The Morgan fingerprint density at radius 2 is 1.61 bits per heavy atom. The summed E-state index contributed by atoms with van der Waals surface area (Å²) < 4.78 is 11.4. The lowest BCUT2D eigenvalue weighted by Crippen LogP contribution is -2.46. The average molecular weight is 630 g/mol. The zero-order chi connectivity index (χ0) is 33.6. The maximum absolute atomic E-state index is 14.2. The van der Waals surface area contributed by atoms with Gasteiger partial charge in [-0.15, -0.1) is 0 Å². The molecule has 8 nitrogen and oxygen atoms in total. The highest BCUT2D eigenvalue weighted by atomic mass is 16.6. The Balaban J connectivity index is 1.57. The van der Waals surface area contributed by atoms with Gasteiger partial charge in [-0.1, -0.05) is 63.2 Å². The summed E-state index contributed by atoms with van der Waals surface area (Å²) in [7, 11) is 0. The number of aliphatic hydroxyl groups is 1. The molecule has 4 rings (SSSR count). The molecule has 248 valence electrons. The first-order valence-electron chi connectivity index (χ1n) is 16.2. The van der Waals surface area contributed by atoms with Crippen molar-refractivity contribution in [1.29, 1.82) is 0 Å². The Morgan fingerprint density at radius 3 is 2.24 bits per heavy atom. The summed E-state index contributed by atoms with van der Waals surface area (Å²) in [6, 6.07) is 21.1. The van der Waals surface area contributed by atoms with Crippen LogP contribution in [0.5, 0.6) is 5.75 Å². The number of hydrogen-bond donors (Lipinski definition) is 3. The number of piperidine rings is 1. The van der Waals surface area contributed by atoms with Gasteiger partial charge in [0, 0.05) is 24.3 Å². The van der Waals surface area contributed by atoms with E-state index in [0.717, 1.165) is 34.4 Å². The van der Waals surface area contributed by atoms with Crippen LogP contribution in [-0.2, 0) is 14.9 Å². The number of ether oxygens (including phenoxy) is 2. The number of aliphatic hydroxyl groups excluding tert-OH is 1. The van der Waals surface area contributed by atoms with E-state index in [-0.39, 0.29) is 17.2 Å². The molecule has 2 amide bonds. The second-order valence-corrected chi connectivity index (χ2v) is 14.2. The molecule has 1 heterocycles. The molecular weight excluding hydrogens is 578 g/mol. The number of hydrogen-bond acceptors (Lipinski definition) is 6. The molecule has 0 bridgehead atoms. The summed E-state index contributed by atoms with van der Waals surface area (Å²) in [6.45, 7) is 17.3. The standard InChI is InChI=1S/C38H51N3O5/c1-25-12-9-13-26(2)32(25)35(43)41-22-11-16-31(34(42)40-29-15-10-14-28(24-29)37(3,4)5)33(41)27-17-19-30(20-18-27)45-23-21-39-36(44)46-38(6,7)8/h9-10,12-15,17-20,24,31,33,36,39,44H,11,16,21-23H2,1-8H3,(H,40,42). The average Bonchev–Trinajstić information content (AvgIpc) is 2.98. The third kappa shape index (κ3) is 9.18. The van der Waals surface area contributed by atoms with Crippen molar-refractivity contribution >= 4 is 17.5 Å². The number of aryl methyl sites for hydroxylation is 2. The highest BCUT2D eigenvalue weighted by Gasteiger charge is 2.40.